The highest BCUT2D eigenvalue weighted by Crippen LogP contribution is 2.19. The summed E-state index contributed by atoms with van der Waals surface area (Å²) in [6, 6.07) is 11.5. The maximum absolute atomic E-state index is 12.3. The number of fused-ring (bicyclic) bond motifs is 1. The molecule has 25 heavy (non-hydrogen) atoms. The predicted octanol–water partition coefficient (Wildman–Crippen LogP) is 3.10. The quantitative estimate of drug-likeness (QED) is 0.593. The predicted molar refractivity (Wildman–Crippen MR) is 100 cm³/mol. The molecule has 3 rings (SSSR count). The molecule has 0 saturated heterocycles. The monoisotopic (exact) mass is 339 g/mol. The fourth-order valence-electron chi connectivity index (χ4n) is 2.97. The van der Waals surface area contributed by atoms with Gasteiger partial charge in [-0.1, -0.05) is 36.4 Å². The molecule has 0 amide bonds. The smallest absolute Gasteiger partial charge is 0.223 e. The number of ether oxygens (including phenoxy) is 1. The van der Waals surface area contributed by atoms with Crippen molar-refractivity contribution in [3.8, 4) is 5.75 Å². The number of allylic oxidation sites excluding steroid dienone is 1. The number of pyridine rings is 1. The van der Waals surface area contributed by atoms with E-state index in [0.717, 1.165) is 43.7 Å². The van der Waals surface area contributed by atoms with Gasteiger partial charge in [-0.05, 0) is 24.8 Å². The van der Waals surface area contributed by atoms with Crippen molar-refractivity contribution in [1.29, 1.82) is 0 Å². The lowest BCUT2D eigenvalue weighted by Crippen LogP contribution is -2.41. The molecular formula is C20H25N3O2. The van der Waals surface area contributed by atoms with Crippen molar-refractivity contribution in [2.24, 2.45) is 0 Å². The molecule has 2 heterocycles. The second-order valence-electron chi connectivity index (χ2n) is 6.25. The van der Waals surface area contributed by atoms with Gasteiger partial charge in [0.15, 0.2) is 5.75 Å². The first-order valence-electron chi connectivity index (χ1n) is 8.76. The number of benzene rings is 1. The van der Waals surface area contributed by atoms with E-state index in [1.54, 1.807) is 12.3 Å². The first kappa shape index (κ1) is 17.3. The molecule has 0 fully saturated rings. The molecular weight excluding hydrogens is 314 g/mol. The Bertz CT molecular complexity index is 755. The van der Waals surface area contributed by atoms with Crippen LogP contribution in [0.25, 0.3) is 0 Å². The molecule has 1 N–H and O–H groups in total. The Morgan fingerprint density at radius 3 is 2.84 bits per heavy atom. The molecule has 1 aromatic carbocycles. The molecule has 2 aromatic rings. The molecule has 0 atom stereocenters. The minimum atomic E-state index is -0.0718. The fraction of sp³-hybridized carbons (Fsp3) is 0.350. The van der Waals surface area contributed by atoms with E-state index in [1.165, 1.54) is 0 Å². The standard InChI is InChI=1S/C20H25N3O2/c1-2-3-4-8-12-22-14-18-20(19(24)11-13-23(18)21-16-22)25-15-17-9-6-5-7-10-17/h2,5-7,9-11,13,21H,1,3-4,8,12,14-16H2. The number of nitrogens with zero attached hydrogens (tertiary/aromatic N) is 2. The molecule has 5 nitrogen and oxygen atoms in total. The van der Waals surface area contributed by atoms with Gasteiger partial charge in [0, 0.05) is 25.4 Å². The molecule has 5 heteroatoms. The van der Waals surface area contributed by atoms with E-state index in [4.69, 9.17) is 4.74 Å². The summed E-state index contributed by atoms with van der Waals surface area (Å²) in [5, 5.41) is 0. The lowest BCUT2D eigenvalue weighted by Gasteiger charge is -2.32. The van der Waals surface area contributed by atoms with Gasteiger partial charge in [0.2, 0.25) is 5.43 Å². The largest absolute Gasteiger partial charge is 0.483 e. The summed E-state index contributed by atoms with van der Waals surface area (Å²) >= 11 is 0. The van der Waals surface area contributed by atoms with Crippen LogP contribution in [0.15, 0.2) is 60.0 Å². The highest BCUT2D eigenvalue weighted by molar-refractivity contribution is 5.30. The lowest BCUT2D eigenvalue weighted by molar-refractivity contribution is 0.226. The summed E-state index contributed by atoms with van der Waals surface area (Å²) in [7, 11) is 0. The number of nitrogens with one attached hydrogen (secondary N) is 1. The summed E-state index contributed by atoms with van der Waals surface area (Å²) in [6.45, 7) is 6.62. The van der Waals surface area contributed by atoms with Crippen molar-refractivity contribution >= 4 is 0 Å². The number of unbranched alkanes of at least 4 members (excludes halogenated alkanes) is 2. The molecule has 0 radical (unpaired) electrons. The van der Waals surface area contributed by atoms with Gasteiger partial charge in [-0.3, -0.25) is 14.4 Å². The Kier molecular flexibility index (Phi) is 5.90. The maximum Gasteiger partial charge on any atom is 0.223 e. The van der Waals surface area contributed by atoms with Gasteiger partial charge in [-0.25, -0.2) is 0 Å². The maximum atomic E-state index is 12.3. The second-order valence-corrected chi connectivity index (χ2v) is 6.25. The van der Waals surface area contributed by atoms with Crippen LogP contribution >= 0.6 is 0 Å². The molecule has 1 aliphatic rings. The van der Waals surface area contributed by atoms with Crippen molar-refractivity contribution in [2.75, 3.05) is 18.6 Å². The highest BCUT2D eigenvalue weighted by atomic mass is 16.5. The average molecular weight is 339 g/mol. The SMILES string of the molecule is C=CCCCCN1CNn2ccc(=O)c(OCc3ccccc3)c2C1. The van der Waals surface area contributed by atoms with E-state index in [1.807, 2.05) is 41.1 Å². The van der Waals surface area contributed by atoms with Gasteiger partial charge in [-0.15, -0.1) is 6.58 Å². The van der Waals surface area contributed by atoms with Crippen molar-refractivity contribution < 1.29 is 4.74 Å². The van der Waals surface area contributed by atoms with Crippen LogP contribution in [0.5, 0.6) is 5.75 Å². The van der Waals surface area contributed by atoms with Crippen LogP contribution in [0, 0.1) is 0 Å². The number of aromatic nitrogens is 1. The number of rotatable bonds is 8. The van der Waals surface area contributed by atoms with Crippen molar-refractivity contribution in [2.45, 2.75) is 32.4 Å². The first-order valence-corrected chi connectivity index (χ1v) is 8.76. The number of hydrogen-bond acceptors (Lipinski definition) is 4. The normalized spacial score (nSPS) is 13.8. The Labute approximate surface area is 148 Å². The van der Waals surface area contributed by atoms with Gasteiger partial charge in [0.1, 0.15) is 6.61 Å². The van der Waals surface area contributed by atoms with Gasteiger partial charge in [0.05, 0.1) is 12.4 Å². The summed E-state index contributed by atoms with van der Waals surface area (Å²) in [6.07, 6.45) is 7.04. The molecule has 0 aliphatic carbocycles. The minimum Gasteiger partial charge on any atom is -0.483 e. The van der Waals surface area contributed by atoms with E-state index < -0.39 is 0 Å². The third-order valence-corrected chi connectivity index (χ3v) is 4.35. The fourth-order valence-corrected chi connectivity index (χ4v) is 2.97. The van der Waals surface area contributed by atoms with Gasteiger partial charge < -0.3 is 10.2 Å². The molecule has 132 valence electrons. The first-order chi connectivity index (χ1) is 12.3. The van der Waals surface area contributed by atoms with E-state index in [2.05, 4.69) is 16.9 Å². The van der Waals surface area contributed by atoms with Crippen LogP contribution in [0.1, 0.15) is 30.5 Å². The summed E-state index contributed by atoms with van der Waals surface area (Å²) in [5.74, 6) is 0.439. The van der Waals surface area contributed by atoms with Crippen LogP contribution < -0.4 is 15.6 Å². The third kappa shape index (κ3) is 4.51. The summed E-state index contributed by atoms with van der Waals surface area (Å²) in [4.78, 5) is 14.6. The van der Waals surface area contributed by atoms with Crippen LogP contribution in [0.4, 0.5) is 0 Å². The molecule has 1 aromatic heterocycles. The van der Waals surface area contributed by atoms with E-state index in [9.17, 15) is 4.79 Å². The Morgan fingerprint density at radius 2 is 2.04 bits per heavy atom. The van der Waals surface area contributed by atoms with E-state index in [-0.39, 0.29) is 5.43 Å². The van der Waals surface area contributed by atoms with Gasteiger partial charge >= 0.3 is 0 Å². The highest BCUT2D eigenvalue weighted by Gasteiger charge is 2.20. The zero-order valence-electron chi connectivity index (χ0n) is 14.5. The van der Waals surface area contributed by atoms with Crippen LogP contribution in [0.2, 0.25) is 0 Å². The Morgan fingerprint density at radius 1 is 1.20 bits per heavy atom. The van der Waals surface area contributed by atoms with E-state index >= 15 is 0 Å². The Balaban J connectivity index is 1.70. The summed E-state index contributed by atoms with van der Waals surface area (Å²) < 4.78 is 7.80. The van der Waals surface area contributed by atoms with Gasteiger partial charge in [-0.2, -0.15) is 0 Å². The van der Waals surface area contributed by atoms with Crippen LogP contribution in [-0.4, -0.2) is 22.8 Å². The third-order valence-electron chi connectivity index (χ3n) is 4.35. The van der Waals surface area contributed by atoms with Crippen molar-refractivity contribution in [3.63, 3.8) is 0 Å². The minimum absolute atomic E-state index is 0.0718. The van der Waals surface area contributed by atoms with E-state index in [0.29, 0.717) is 18.9 Å². The lowest BCUT2D eigenvalue weighted by atomic mass is 10.2. The molecule has 1 aliphatic heterocycles. The zero-order chi connectivity index (χ0) is 17.5. The zero-order valence-corrected chi connectivity index (χ0v) is 14.5. The molecule has 0 unspecified atom stereocenters. The number of hydrogen-bond donors (Lipinski definition) is 1. The Hall–Kier alpha value is -2.53. The van der Waals surface area contributed by atoms with Crippen molar-refractivity contribution in [1.82, 2.24) is 9.58 Å². The molecule has 0 bridgehead atoms. The molecule has 0 saturated carbocycles. The topological polar surface area (TPSA) is 46.5 Å². The van der Waals surface area contributed by atoms with Crippen LogP contribution in [-0.2, 0) is 13.2 Å². The second kappa shape index (κ2) is 8.53. The van der Waals surface area contributed by atoms with Crippen molar-refractivity contribution in [3.05, 3.63) is 76.7 Å². The van der Waals surface area contributed by atoms with Gasteiger partial charge in [0.25, 0.3) is 0 Å². The van der Waals surface area contributed by atoms with Crippen LogP contribution in [0.3, 0.4) is 0 Å². The molecule has 0 spiro atoms. The summed E-state index contributed by atoms with van der Waals surface area (Å²) in [5.41, 5.74) is 5.19. The average Bonchev–Trinajstić information content (AvgIpc) is 2.65.